The topological polar surface area (TPSA) is 38.4 Å². The largest absolute Gasteiger partial charge is 0.398 e. The molecule has 2 nitrogen and oxygen atoms in total. The molecule has 0 aliphatic heterocycles. The minimum absolute atomic E-state index is 0.739. The van der Waals surface area contributed by atoms with Crippen molar-refractivity contribution in [3.05, 3.63) is 120 Å². The zero-order chi connectivity index (χ0) is 19.3. The summed E-state index contributed by atoms with van der Waals surface area (Å²) in [6, 6.07) is 34.8. The molecule has 4 rings (SSSR count). The van der Waals surface area contributed by atoms with Crippen molar-refractivity contribution < 1.29 is 0 Å². The molecule has 0 saturated carbocycles. The molecule has 28 heavy (non-hydrogen) atoms. The van der Waals surface area contributed by atoms with Crippen molar-refractivity contribution in [3.63, 3.8) is 0 Å². The van der Waals surface area contributed by atoms with Crippen LogP contribution in [0.15, 0.2) is 114 Å². The quantitative estimate of drug-likeness (QED) is 0.422. The predicted molar refractivity (Wildman–Crippen MR) is 120 cm³/mol. The molecule has 0 aliphatic rings. The third-order valence-corrected chi connectivity index (χ3v) is 4.89. The number of hydrogen-bond acceptors (Lipinski definition) is 2. The Morgan fingerprint density at radius 2 is 1.21 bits per heavy atom. The van der Waals surface area contributed by atoms with Gasteiger partial charge in [0.05, 0.1) is 11.4 Å². The third kappa shape index (κ3) is 3.58. The van der Waals surface area contributed by atoms with Gasteiger partial charge >= 0.3 is 0 Å². The van der Waals surface area contributed by atoms with Gasteiger partial charge in [0.2, 0.25) is 0 Å². The lowest BCUT2D eigenvalue weighted by Gasteiger charge is -2.13. The van der Waals surface area contributed by atoms with Crippen molar-refractivity contribution in [2.45, 2.75) is 6.92 Å². The number of nitrogens with two attached hydrogens (primary N) is 1. The molecule has 4 aromatic carbocycles. The van der Waals surface area contributed by atoms with E-state index >= 15 is 0 Å². The summed E-state index contributed by atoms with van der Waals surface area (Å²) in [5.41, 5.74) is 12.1. The van der Waals surface area contributed by atoms with Crippen LogP contribution in [0.2, 0.25) is 0 Å². The van der Waals surface area contributed by atoms with Crippen LogP contribution >= 0.6 is 0 Å². The van der Waals surface area contributed by atoms with Gasteiger partial charge in [0.1, 0.15) is 0 Å². The molecule has 0 aliphatic carbocycles. The highest BCUT2D eigenvalue weighted by Crippen LogP contribution is 2.28. The van der Waals surface area contributed by atoms with Gasteiger partial charge in [-0.25, -0.2) is 4.99 Å². The first kappa shape index (κ1) is 17.7. The van der Waals surface area contributed by atoms with Crippen molar-refractivity contribution in [3.8, 4) is 0 Å². The Morgan fingerprint density at radius 3 is 1.93 bits per heavy atom. The van der Waals surface area contributed by atoms with Crippen LogP contribution in [0.1, 0.15) is 18.1 Å². The first-order chi connectivity index (χ1) is 13.7. The van der Waals surface area contributed by atoms with Crippen molar-refractivity contribution in [2.24, 2.45) is 10.7 Å². The van der Waals surface area contributed by atoms with Crippen LogP contribution in [-0.2, 0) is 0 Å². The van der Waals surface area contributed by atoms with E-state index in [9.17, 15) is 0 Å². The van der Waals surface area contributed by atoms with Crippen molar-refractivity contribution in [1.82, 2.24) is 0 Å². The van der Waals surface area contributed by atoms with Crippen LogP contribution in [0.4, 0.5) is 5.69 Å². The van der Waals surface area contributed by atoms with E-state index in [4.69, 9.17) is 10.7 Å². The summed E-state index contributed by atoms with van der Waals surface area (Å²) in [7, 11) is 0. The normalized spacial score (nSPS) is 12.7. The number of hydrogen-bond donors (Lipinski definition) is 1. The number of aliphatic imine (C=N–C) groups is 1. The number of rotatable bonds is 4. The maximum Gasteiger partial charge on any atom is 0.0759 e. The van der Waals surface area contributed by atoms with Gasteiger partial charge in [0, 0.05) is 16.6 Å². The van der Waals surface area contributed by atoms with Gasteiger partial charge in [-0.2, -0.15) is 0 Å². The van der Waals surface area contributed by atoms with E-state index in [-0.39, 0.29) is 0 Å². The van der Waals surface area contributed by atoms with E-state index in [0.717, 1.165) is 39.2 Å². The zero-order valence-electron chi connectivity index (χ0n) is 15.8. The molecule has 0 radical (unpaired) electrons. The second-order valence-corrected chi connectivity index (χ2v) is 6.73. The first-order valence-electron chi connectivity index (χ1n) is 9.38. The highest BCUT2D eigenvalue weighted by atomic mass is 14.8. The van der Waals surface area contributed by atoms with E-state index < -0.39 is 0 Å². The number of benzene rings is 4. The minimum atomic E-state index is 0.739. The number of nitrogens with zero attached hydrogens (tertiary/aromatic N) is 1. The summed E-state index contributed by atoms with van der Waals surface area (Å²) in [6.45, 7) is 2.04. The molecule has 2 N–H and O–H groups in total. The van der Waals surface area contributed by atoms with Crippen LogP contribution in [0.3, 0.4) is 0 Å². The van der Waals surface area contributed by atoms with Gasteiger partial charge in [0.25, 0.3) is 0 Å². The fraction of sp³-hybridized carbons (Fsp3) is 0.0385. The van der Waals surface area contributed by atoms with Crippen LogP contribution in [-0.4, -0.2) is 5.71 Å². The van der Waals surface area contributed by atoms with Crippen molar-refractivity contribution >= 4 is 27.9 Å². The molecule has 0 aromatic heterocycles. The van der Waals surface area contributed by atoms with Gasteiger partial charge in [-0.05, 0) is 29.5 Å². The standard InChI is InChI=1S/C26H22N2/c1-19(25(27)21-12-4-2-5-13-21)26(22-14-6-3-7-15-22)28-24-18-10-16-20-11-8-9-17-23(20)24/h2-18H,27H2,1H3/b25-19-,28-26?. The molecule has 0 fully saturated rings. The van der Waals surface area contributed by atoms with Gasteiger partial charge in [-0.3, -0.25) is 0 Å². The summed E-state index contributed by atoms with van der Waals surface area (Å²) in [5, 5.41) is 2.30. The molecular weight excluding hydrogens is 340 g/mol. The average molecular weight is 362 g/mol. The highest BCUT2D eigenvalue weighted by molar-refractivity contribution is 6.17. The lowest BCUT2D eigenvalue weighted by Crippen LogP contribution is -2.09. The van der Waals surface area contributed by atoms with Crippen LogP contribution in [0.5, 0.6) is 0 Å². The number of allylic oxidation sites excluding steroid dienone is 1. The molecule has 4 aromatic rings. The van der Waals surface area contributed by atoms with E-state index in [1.54, 1.807) is 0 Å². The molecule has 0 amide bonds. The molecule has 136 valence electrons. The summed E-state index contributed by atoms with van der Waals surface area (Å²) < 4.78 is 0. The second kappa shape index (κ2) is 7.93. The summed E-state index contributed by atoms with van der Waals surface area (Å²) >= 11 is 0. The fourth-order valence-corrected chi connectivity index (χ4v) is 3.35. The first-order valence-corrected chi connectivity index (χ1v) is 9.38. The van der Waals surface area contributed by atoms with E-state index in [0.29, 0.717) is 0 Å². The Balaban J connectivity index is 1.93. The Hall–Kier alpha value is -3.65. The number of fused-ring (bicyclic) bond motifs is 1. The molecule has 0 bridgehead atoms. The molecule has 0 spiro atoms. The predicted octanol–water partition coefficient (Wildman–Crippen LogP) is 6.35. The minimum Gasteiger partial charge on any atom is -0.398 e. The van der Waals surface area contributed by atoms with Crippen LogP contribution in [0, 0.1) is 0 Å². The van der Waals surface area contributed by atoms with E-state index in [1.807, 2.05) is 73.7 Å². The molecule has 0 saturated heterocycles. The fourth-order valence-electron chi connectivity index (χ4n) is 3.35. The average Bonchev–Trinajstić information content (AvgIpc) is 2.78. The maximum absolute atomic E-state index is 6.54. The lowest BCUT2D eigenvalue weighted by molar-refractivity contribution is 1.41. The second-order valence-electron chi connectivity index (χ2n) is 6.73. The van der Waals surface area contributed by atoms with Gasteiger partial charge in [-0.15, -0.1) is 0 Å². The Morgan fingerprint density at radius 1 is 0.643 bits per heavy atom. The molecular formula is C26H22N2. The van der Waals surface area contributed by atoms with Gasteiger partial charge < -0.3 is 5.73 Å². The summed E-state index contributed by atoms with van der Waals surface area (Å²) in [5.74, 6) is 0. The SMILES string of the molecule is C/C(C(=Nc1cccc2ccccc12)c1ccccc1)=C(/N)c1ccccc1. The zero-order valence-corrected chi connectivity index (χ0v) is 15.8. The third-order valence-electron chi connectivity index (χ3n) is 4.89. The van der Waals surface area contributed by atoms with E-state index in [1.165, 1.54) is 5.39 Å². The Kier molecular flexibility index (Phi) is 5.03. The summed E-state index contributed by atoms with van der Waals surface area (Å²) in [6.07, 6.45) is 0. The smallest absolute Gasteiger partial charge is 0.0759 e. The molecule has 0 heterocycles. The van der Waals surface area contributed by atoms with Gasteiger partial charge in [0.15, 0.2) is 0 Å². The molecule has 0 unspecified atom stereocenters. The summed E-state index contributed by atoms with van der Waals surface area (Å²) in [4.78, 5) is 5.08. The van der Waals surface area contributed by atoms with Gasteiger partial charge in [-0.1, -0.05) is 97.1 Å². The van der Waals surface area contributed by atoms with Crippen LogP contribution in [0.25, 0.3) is 16.5 Å². The Bertz CT molecular complexity index is 1150. The van der Waals surface area contributed by atoms with Crippen molar-refractivity contribution in [1.29, 1.82) is 0 Å². The maximum atomic E-state index is 6.54. The van der Waals surface area contributed by atoms with E-state index in [2.05, 4.69) is 36.4 Å². The van der Waals surface area contributed by atoms with Crippen molar-refractivity contribution in [2.75, 3.05) is 0 Å². The monoisotopic (exact) mass is 362 g/mol. The molecule has 0 atom stereocenters. The lowest BCUT2D eigenvalue weighted by atomic mass is 9.98. The van der Waals surface area contributed by atoms with Crippen LogP contribution < -0.4 is 5.73 Å². The Labute approximate surface area is 165 Å². The highest BCUT2D eigenvalue weighted by Gasteiger charge is 2.12. The molecule has 2 heteroatoms.